The Balaban J connectivity index is 4.81. The average Bonchev–Trinajstić information content (AvgIpc) is 2.88. The van der Waals surface area contributed by atoms with Crippen LogP contribution in [-0.2, 0) is 42.8 Å². The predicted octanol–water partition coefficient (Wildman–Crippen LogP) is 5.77. The van der Waals surface area contributed by atoms with Crippen LogP contribution in [0.4, 0.5) is 57.5 Å². The van der Waals surface area contributed by atoms with E-state index in [0.29, 0.717) is 0 Å². The van der Waals surface area contributed by atoms with E-state index in [4.69, 9.17) is 0 Å². The van der Waals surface area contributed by atoms with Crippen LogP contribution in [-0.4, -0.2) is 99.7 Å². The quantitative estimate of drug-likeness (QED) is 0.0427. The van der Waals surface area contributed by atoms with Crippen molar-refractivity contribution in [2.75, 3.05) is 39.6 Å². The van der Waals surface area contributed by atoms with Crippen molar-refractivity contribution >= 4 is 24.0 Å². The van der Waals surface area contributed by atoms with Gasteiger partial charge in [0.2, 0.25) is 0 Å². The first kappa shape index (κ1) is 45.2. The zero-order valence-corrected chi connectivity index (χ0v) is 25.4. The summed E-state index contributed by atoms with van der Waals surface area (Å²) in [6.07, 6.45) is -26.7. The zero-order valence-electron chi connectivity index (χ0n) is 25.4. The van der Waals surface area contributed by atoms with Crippen molar-refractivity contribution in [2.24, 2.45) is 0 Å². The fourth-order valence-electron chi connectivity index (χ4n) is 3.04. The monoisotopic (exact) mass is 745 g/mol. The molecule has 0 saturated carbocycles. The highest BCUT2D eigenvalue weighted by molar-refractivity contribution is 5.86. The number of esters is 3. The smallest absolute Gasteiger partial charge is 0.407 e. The third-order valence-electron chi connectivity index (χ3n) is 4.89. The van der Waals surface area contributed by atoms with Crippen LogP contribution in [0.25, 0.3) is 0 Å². The normalized spacial score (nSPS) is 12.9. The first-order valence-corrected chi connectivity index (χ1v) is 13.4. The molecule has 0 aromatic carbocycles. The van der Waals surface area contributed by atoms with Crippen LogP contribution in [0.2, 0.25) is 0 Å². The van der Waals surface area contributed by atoms with Gasteiger partial charge in [0, 0.05) is 18.1 Å². The molecule has 1 N–H and O–H groups in total. The second kappa shape index (κ2) is 18.9. The maximum absolute atomic E-state index is 13.9. The molecule has 0 saturated heterocycles. The van der Waals surface area contributed by atoms with Gasteiger partial charge in [-0.3, -0.25) is 9.53 Å². The Hall–Kier alpha value is -3.76. The molecule has 0 unspecified atom stereocenters. The predicted molar refractivity (Wildman–Crippen MR) is 137 cm³/mol. The Morgan fingerprint density at radius 3 is 1.67 bits per heavy atom. The lowest BCUT2D eigenvalue weighted by Crippen LogP contribution is -2.44. The fourth-order valence-corrected chi connectivity index (χ4v) is 3.04. The van der Waals surface area contributed by atoms with Crippen molar-refractivity contribution in [3.8, 4) is 0 Å². The van der Waals surface area contributed by atoms with Crippen LogP contribution in [0, 0.1) is 0 Å². The van der Waals surface area contributed by atoms with Crippen LogP contribution in [0.15, 0.2) is 24.8 Å². The number of rotatable bonds is 24. The number of hydrogen-bond donors (Lipinski definition) is 1. The lowest BCUT2D eigenvalue weighted by Gasteiger charge is -2.29. The van der Waals surface area contributed by atoms with E-state index in [-0.39, 0.29) is 12.0 Å². The molecule has 0 rings (SSSR count). The molecular formula is C26H31F12NO10. The summed E-state index contributed by atoms with van der Waals surface area (Å²) in [7, 11) is 0. The van der Waals surface area contributed by atoms with Gasteiger partial charge < -0.3 is 29.0 Å². The van der Waals surface area contributed by atoms with E-state index in [1.165, 1.54) is 6.92 Å². The molecule has 0 radical (unpaired) electrons. The number of halogens is 12. The number of ether oxygens (including phenoxy) is 6. The molecule has 0 fully saturated rings. The molecule has 0 aromatic rings. The first-order chi connectivity index (χ1) is 22.1. The van der Waals surface area contributed by atoms with E-state index in [2.05, 4.69) is 41.6 Å². The fraction of sp³-hybridized carbons (Fsp3) is 0.692. The van der Waals surface area contributed by atoms with Crippen molar-refractivity contribution in [2.45, 2.75) is 75.1 Å². The second-order valence-electron chi connectivity index (χ2n) is 9.97. The number of carbonyl (C=O) groups excluding carboxylic acids is 4. The number of alkyl carbamates (subject to hydrolysis) is 1. The third-order valence-corrected chi connectivity index (χ3v) is 4.89. The van der Waals surface area contributed by atoms with Crippen LogP contribution < -0.4 is 5.32 Å². The highest BCUT2D eigenvalue weighted by Gasteiger charge is 2.55. The molecule has 0 aromatic heterocycles. The molecule has 0 aliphatic heterocycles. The van der Waals surface area contributed by atoms with Gasteiger partial charge in [0.1, 0.15) is 39.1 Å². The van der Waals surface area contributed by atoms with Gasteiger partial charge in [-0.05, 0) is 13.3 Å². The Kier molecular flexibility index (Phi) is 17.4. The van der Waals surface area contributed by atoms with E-state index in [0.717, 1.165) is 6.08 Å². The maximum atomic E-state index is 13.9. The standard InChI is InChI=1S/C26H31F12NO10/c1-4-17(40)45-9-7-39-20(43)47-15-23(31,32)12-26(37,38)49-25(35,36)11-22(29,30)14-44-13-21(27,28)10-24(33,34)48-18(41)6-5-8-46-19(42)16(2)3/h4H,1-2,5-15H2,3H3,(H,39,43). The molecule has 0 heterocycles. The number of carbonyl (C=O) groups is 4. The van der Waals surface area contributed by atoms with Crippen LogP contribution in [0.5, 0.6) is 0 Å². The van der Waals surface area contributed by atoms with Crippen molar-refractivity contribution in [1.82, 2.24) is 5.32 Å². The van der Waals surface area contributed by atoms with Gasteiger partial charge in [-0.25, -0.2) is 40.7 Å². The Bertz CT molecular complexity index is 1150. The molecule has 49 heavy (non-hydrogen) atoms. The van der Waals surface area contributed by atoms with E-state index in [1.54, 1.807) is 5.32 Å². The number of alkyl halides is 12. The molecule has 0 aliphatic rings. The molecular weight excluding hydrogens is 714 g/mol. The summed E-state index contributed by atoms with van der Waals surface area (Å²) in [4.78, 5) is 44.7. The van der Waals surface area contributed by atoms with E-state index < -0.39 is 125 Å². The number of nitrogens with one attached hydrogen (secondary N) is 1. The van der Waals surface area contributed by atoms with Gasteiger partial charge in [-0.15, -0.1) is 0 Å². The van der Waals surface area contributed by atoms with Gasteiger partial charge >= 0.3 is 42.3 Å². The highest BCUT2D eigenvalue weighted by atomic mass is 19.3. The third kappa shape index (κ3) is 22.5. The summed E-state index contributed by atoms with van der Waals surface area (Å²) in [5.74, 6) is -18.0. The Morgan fingerprint density at radius 2 is 1.18 bits per heavy atom. The average molecular weight is 746 g/mol. The van der Waals surface area contributed by atoms with Crippen LogP contribution in [0.1, 0.15) is 39.0 Å². The zero-order chi connectivity index (χ0) is 38.3. The molecule has 284 valence electrons. The molecule has 0 aliphatic carbocycles. The summed E-state index contributed by atoms with van der Waals surface area (Å²) in [6, 6.07) is 0. The summed E-state index contributed by atoms with van der Waals surface area (Å²) < 4.78 is 189. The van der Waals surface area contributed by atoms with Gasteiger partial charge in [-0.1, -0.05) is 13.2 Å². The van der Waals surface area contributed by atoms with Crippen molar-refractivity contribution in [3.63, 3.8) is 0 Å². The van der Waals surface area contributed by atoms with Crippen molar-refractivity contribution < 1.29 is 100 Å². The summed E-state index contributed by atoms with van der Waals surface area (Å²) >= 11 is 0. The number of amides is 1. The largest absolute Gasteiger partial charge is 0.462 e. The molecule has 0 spiro atoms. The molecule has 23 heteroatoms. The maximum Gasteiger partial charge on any atom is 0.407 e. The molecule has 0 bridgehead atoms. The van der Waals surface area contributed by atoms with Gasteiger partial charge in [0.25, 0.3) is 17.8 Å². The Morgan fingerprint density at radius 1 is 0.694 bits per heavy atom. The lowest BCUT2D eigenvalue weighted by molar-refractivity contribution is -0.398. The Labute approximate surface area is 269 Å². The van der Waals surface area contributed by atoms with Crippen LogP contribution in [0.3, 0.4) is 0 Å². The SMILES string of the molecule is C=CC(=O)OCCNC(=O)OCC(F)(F)CC(F)(F)OC(F)(F)CC(F)(F)COCC(F)(F)CC(F)(F)OC(=O)CCCOC(=O)C(=C)C. The van der Waals surface area contributed by atoms with Crippen molar-refractivity contribution in [1.29, 1.82) is 0 Å². The van der Waals surface area contributed by atoms with Crippen molar-refractivity contribution in [3.05, 3.63) is 24.8 Å². The first-order valence-electron chi connectivity index (χ1n) is 13.4. The minimum absolute atomic E-state index is 0.0179. The molecule has 0 atom stereocenters. The van der Waals surface area contributed by atoms with Gasteiger partial charge in [-0.2, -0.15) is 26.3 Å². The topological polar surface area (TPSA) is 136 Å². The lowest BCUT2D eigenvalue weighted by atomic mass is 10.2. The van der Waals surface area contributed by atoms with E-state index in [1.807, 2.05) is 0 Å². The summed E-state index contributed by atoms with van der Waals surface area (Å²) in [6.45, 7) is -0.693. The summed E-state index contributed by atoms with van der Waals surface area (Å²) in [5.41, 5.74) is -0.0179. The van der Waals surface area contributed by atoms with Gasteiger partial charge in [0.15, 0.2) is 6.61 Å². The van der Waals surface area contributed by atoms with Crippen LogP contribution >= 0.6 is 0 Å². The number of hydrogen-bond acceptors (Lipinski definition) is 10. The second-order valence-corrected chi connectivity index (χ2v) is 9.97. The summed E-state index contributed by atoms with van der Waals surface area (Å²) in [5, 5.41) is 1.76. The minimum atomic E-state index is -5.61. The minimum Gasteiger partial charge on any atom is -0.462 e. The molecule has 11 nitrogen and oxygen atoms in total. The molecule has 1 amide bonds. The highest BCUT2D eigenvalue weighted by Crippen LogP contribution is 2.40. The van der Waals surface area contributed by atoms with E-state index >= 15 is 0 Å². The van der Waals surface area contributed by atoms with E-state index in [9.17, 15) is 71.9 Å². The van der Waals surface area contributed by atoms with Gasteiger partial charge in [0.05, 0.1) is 13.2 Å².